The third kappa shape index (κ3) is 3.67. The molecule has 4 nitrogen and oxygen atoms in total. The second-order valence-corrected chi connectivity index (χ2v) is 6.05. The first-order chi connectivity index (χ1) is 9.10. The first-order valence-corrected chi connectivity index (χ1v) is 7.67. The van der Waals surface area contributed by atoms with Gasteiger partial charge in [-0.2, -0.15) is 0 Å². The second-order valence-electron chi connectivity index (χ2n) is 4.19. The van der Waals surface area contributed by atoms with Gasteiger partial charge in [-0.05, 0) is 44.0 Å². The van der Waals surface area contributed by atoms with Crippen molar-refractivity contribution in [3.8, 4) is 5.75 Å². The average Bonchev–Trinajstić information content (AvgIpc) is 2.81. The molecule has 0 radical (unpaired) electrons. The predicted octanol–water partition coefficient (Wildman–Crippen LogP) is 3.93. The van der Waals surface area contributed by atoms with Crippen molar-refractivity contribution >= 4 is 32.4 Å². The lowest BCUT2D eigenvalue weighted by molar-refractivity contribution is 0.304. The lowest BCUT2D eigenvalue weighted by Crippen LogP contribution is -1.96. The Balaban J connectivity index is 2.01. The molecule has 0 amide bonds. The summed E-state index contributed by atoms with van der Waals surface area (Å²) in [7, 11) is 0. The van der Waals surface area contributed by atoms with Crippen molar-refractivity contribution in [2.24, 2.45) is 0 Å². The smallest absolute Gasteiger partial charge is 0.205 e. The summed E-state index contributed by atoms with van der Waals surface area (Å²) in [4.78, 5) is 0. The molecule has 0 saturated carbocycles. The van der Waals surface area contributed by atoms with E-state index in [1.54, 1.807) is 0 Å². The highest BCUT2D eigenvalue weighted by atomic mass is 79.9. The summed E-state index contributed by atoms with van der Waals surface area (Å²) in [6.07, 6.45) is 0. The van der Waals surface area contributed by atoms with Gasteiger partial charge in [0.05, 0.1) is 0 Å². The molecule has 19 heavy (non-hydrogen) atoms. The van der Waals surface area contributed by atoms with E-state index in [0.717, 1.165) is 26.9 Å². The fourth-order valence-electron chi connectivity index (χ4n) is 1.67. The summed E-state index contributed by atoms with van der Waals surface area (Å²) in [5.74, 6) is 0.860. The van der Waals surface area contributed by atoms with Gasteiger partial charge < -0.3 is 10.1 Å². The fraction of sp³-hybridized carbons (Fsp3) is 0.385. The predicted molar refractivity (Wildman–Crippen MR) is 82.0 cm³/mol. The number of aromatic nitrogens is 2. The largest absolute Gasteiger partial charge is 0.486 e. The van der Waals surface area contributed by atoms with Crippen LogP contribution in [0.4, 0.5) is 5.13 Å². The molecule has 0 aliphatic heterocycles. The van der Waals surface area contributed by atoms with Crippen LogP contribution >= 0.6 is 27.3 Å². The number of rotatable bonds is 5. The van der Waals surface area contributed by atoms with E-state index >= 15 is 0 Å². The first kappa shape index (κ1) is 14.3. The quantitative estimate of drug-likeness (QED) is 0.894. The zero-order valence-electron chi connectivity index (χ0n) is 11.2. The number of anilines is 1. The number of nitrogens with one attached hydrogen (secondary N) is 1. The van der Waals surface area contributed by atoms with E-state index in [4.69, 9.17) is 4.74 Å². The highest BCUT2D eigenvalue weighted by molar-refractivity contribution is 9.10. The van der Waals surface area contributed by atoms with Gasteiger partial charge in [-0.15, -0.1) is 10.2 Å². The fourth-order valence-corrected chi connectivity index (χ4v) is 2.62. The first-order valence-electron chi connectivity index (χ1n) is 6.06. The Bertz CT molecular complexity index is 548. The van der Waals surface area contributed by atoms with Crippen LogP contribution in [0.25, 0.3) is 0 Å². The minimum Gasteiger partial charge on any atom is -0.486 e. The maximum Gasteiger partial charge on any atom is 0.205 e. The van der Waals surface area contributed by atoms with Crippen molar-refractivity contribution in [2.75, 3.05) is 11.9 Å². The topological polar surface area (TPSA) is 47.0 Å². The molecule has 2 aromatic rings. The molecule has 1 heterocycles. The molecule has 1 aromatic heterocycles. The molecule has 102 valence electrons. The summed E-state index contributed by atoms with van der Waals surface area (Å²) in [5, 5.41) is 13.0. The van der Waals surface area contributed by atoms with E-state index in [9.17, 15) is 0 Å². The SMILES string of the molecule is CCNc1nnc(COc2cc(C)c(Br)c(C)c2)s1. The highest BCUT2D eigenvalue weighted by Gasteiger charge is 2.06. The highest BCUT2D eigenvalue weighted by Crippen LogP contribution is 2.27. The lowest BCUT2D eigenvalue weighted by Gasteiger charge is -2.08. The maximum atomic E-state index is 5.76. The van der Waals surface area contributed by atoms with Crippen LogP contribution in [0.1, 0.15) is 23.1 Å². The molecule has 0 bridgehead atoms. The summed E-state index contributed by atoms with van der Waals surface area (Å²) >= 11 is 5.07. The monoisotopic (exact) mass is 341 g/mol. The van der Waals surface area contributed by atoms with Crippen molar-refractivity contribution in [1.82, 2.24) is 10.2 Å². The lowest BCUT2D eigenvalue weighted by atomic mass is 10.1. The molecule has 6 heteroatoms. The van der Waals surface area contributed by atoms with E-state index in [0.29, 0.717) is 6.61 Å². The number of hydrogen-bond acceptors (Lipinski definition) is 5. The Morgan fingerprint density at radius 2 is 1.95 bits per heavy atom. The normalized spacial score (nSPS) is 10.5. The maximum absolute atomic E-state index is 5.76. The van der Waals surface area contributed by atoms with Crippen LogP contribution in [-0.4, -0.2) is 16.7 Å². The van der Waals surface area contributed by atoms with Gasteiger partial charge in [0.25, 0.3) is 0 Å². The third-order valence-electron chi connectivity index (χ3n) is 2.57. The van der Waals surface area contributed by atoms with Crippen molar-refractivity contribution < 1.29 is 4.74 Å². The number of hydrogen-bond donors (Lipinski definition) is 1. The molecule has 0 spiro atoms. The van der Waals surface area contributed by atoms with Gasteiger partial charge in [-0.25, -0.2) is 0 Å². The Morgan fingerprint density at radius 1 is 1.26 bits per heavy atom. The van der Waals surface area contributed by atoms with Gasteiger partial charge in [0.15, 0.2) is 5.01 Å². The standard InChI is InChI=1S/C13H16BrN3OS/c1-4-15-13-17-16-11(19-13)7-18-10-5-8(2)12(14)9(3)6-10/h5-6H,4,7H2,1-3H3,(H,15,17). The van der Waals surface area contributed by atoms with Crippen LogP contribution in [0.3, 0.4) is 0 Å². The van der Waals surface area contributed by atoms with Crippen LogP contribution in [0.2, 0.25) is 0 Å². The summed E-state index contributed by atoms with van der Waals surface area (Å²) in [6, 6.07) is 4.03. The van der Waals surface area contributed by atoms with E-state index in [-0.39, 0.29) is 0 Å². The van der Waals surface area contributed by atoms with Gasteiger partial charge in [0.1, 0.15) is 12.4 Å². The second kappa shape index (κ2) is 6.34. The molecule has 0 aliphatic rings. The van der Waals surface area contributed by atoms with Gasteiger partial charge in [0, 0.05) is 11.0 Å². The Labute approximate surface area is 125 Å². The van der Waals surface area contributed by atoms with E-state index in [2.05, 4.69) is 45.3 Å². The molecule has 0 aliphatic carbocycles. The molecule has 1 N–H and O–H groups in total. The van der Waals surface area contributed by atoms with Crippen molar-refractivity contribution in [3.05, 3.63) is 32.7 Å². The zero-order valence-corrected chi connectivity index (χ0v) is 13.6. The van der Waals surface area contributed by atoms with Crippen LogP contribution in [0.15, 0.2) is 16.6 Å². The number of nitrogens with zero attached hydrogens (tertiary/aromatic N) is 2. The summed E-state index contributed by atoms with van der Waals surface area (Å²) in [5.41, 5.74) is 2.33. The molecule has 0 saturated heterocycles. The third-order valence-corrected chi connectivity index (χ3v) is 4.67. The van der Waals surface area contributed by atoms with Gasteiger partial charge in [0.2, 0.25) is 5.13 Å². The van der Waals surface area contributed by atoms with Crippen molar-refractivity contribution in [3.63, 3.8) is 0 Å². The van der Waals surface area contributed by atoms with Crippen LogP contribution in [0, 0.1) is 13.8 Å². The Hall–Kier alpha value is -1.14. The molecule has 0 atom stereocenters. The molecule has 2 rings (SSSR count). The number of halogens is 1. The van der Waals surface area contributed by atoms with Crippen molar-refractivity contribution in [1.29, 1.82) is 0 Å². The molecule has 0 unspecified atom stereocenters. The van der Waals surface area contributed by atoms with Gasteiger partial charge >= 0.3 is 0 Å². The van der Waals surface area contributed by atoms with E-state index in [1.807, 2.05) is 19.1 Å². The molecular formula is C13H16BrN3OS. The molecular weight excluding hydrogens is 326 g/mol. The van der Waals surface area contributed by atoms with Crippen LogP contribution in [0.5, 0.6) is 5.75 Å². The van der Waals surface area contributed by atoms with Gasteiger partial charge in [-0.1, -0.05) is 27.3 Å². The number of ether oxygens (including phenoxy) is 1. The average molecular weight is 342 g/mol. The van der Waals surface area contributed by atoms with Crippen LogP contribution < -0.4 is 10.1 Å². The number of benzene rings is 1. The summed E-state index contributed by atoms with van der Waals surface area (Å²) in [6.45, 7) is 7.44. The van der Waals surface area contributed by atoms with Crippen molar-refractivity contribution in [2.45, 2.75) is 27.4 Å². The van der Waals surface area contributed by atoms with E-state index in [1.165, 1.54) is 22.5 Å². The molecule has 0 fully saturated rings. The molecule has 1 aromatic carbocycles. The van der Waals surface area contributed by atoms with Gasteiger partial charge in [-0.3, -0.25) is 0 Å². The zero-order chi connectivity index (χ0) is 13.8. The Kier molecular flexibility index (Phi) is 4.76. The Morgan fingerprint density at radius 3 is 2.58 bits per heavy atom. The minimum atomic E-state index is 0.448. The van der Waals surface area contributed by atoms with Crippen LogP contribution in [-0.2, 0) is 6.61 Å². The minimum absolute atomic E-state index is 0.448. The van der Waals surface area contributed by atoms with E-state index < -0.39 is 0 Å². The number of aryl methyl sites for hydroxylation is 2. The summed E-state index contributed by atoms with van der Waals surface area (Å²) < 4.78 is 6.89.